The zero-order valence-electron chi connectivity index (χ0n) is 36.2. The summed E-state index contributed by atoms with van der Waals surface area (Å²) in [7, 11) is 0. The molecule has 0 heteroatoms. The van der Waals surface area contributed by atoms with Crippen molar-refractivity contribution in [2.45, 2.75) is 107 Å². The molecule has 0 unspecified atom stereocenters. The van der Waals surface area contributed by atoms with Crippen LogP contribution in [0.2, 0.25) is 0 Å². The van der Waals surface area contributed by atoms with Crippen LogP contribution in [0.5, 0.6) is 0 Å². The zero-order chi connectivity index (χ0) is 40.5. The van der Waals surface area contributed by atoms with Crippen molar-refractivity contribution < 1.29 is 0 Å². The van der Waals surface area contributed by atoms with Crippen molar-refractivity contribution in [3.63, 3.8) is 0 Å². The number of aryl methyl sites for hydroxylation is 8. The summed E-state index contributed by atoms with van der Waals surface area (Å²) in [6.07, 6.45) is 7.77. The van der Waals surface area contributed by atoms with Crippen molar-refractivity contribution in [2.75, 3.05) is 0 Å². The highest BCUT2D eigenvalue weighted by molar-refractivity contribution is 6.34. The maximum Gasteiger partial charge on any atom is -0.0000973 e. The van der Waals surface area contributed by atoms with E-state index in [0.717, 1.165) is 51.4 Å². The number of benzene rings is 8. The summed E-state index contributed by atoms with van der Waals surface area (Å²) in [4.78, 5) is 0. The minimum Gasteiger partial charge on any atom is -0.0617 e. The Kier molecular flexibility index (Phi) is 11.4. The van der Waals surface area contributed by atoms with Crippen molar-refractivity contribution in [1.82, 2.24) is 0 Å². The third kappa shape index (κ3) is 6.28. The van der Waals surface area contributed by atoms with Gasteiger partial charge >= 0.3 is 0 Å². The Bertz CT molecular complexity index is 2340. The second-order valence-electron chi connectivity index (χ2n) is 16.0. The number of hydrogen-bond donors (Lipinski definition) is 0. The van der Waals surface area contributed by atoms with Crippen molar-refractivity contribution in [2.24, 2.45) is 0 Å². The molecule has 0 aliphatic carbocycles. The van der Waals surface area contributed by atoms with Crippen molar-refractivity contribution >= 4 is 32.3 Å². The topological polar surface area (TPSA) is 0 Å². The van der Waals surface area contributed by atoms with Crippen LogP contribution in [-0.2, 0) is 51.4 Å². The lowest BCUT2D eigenvalue weighted by molar-refractivity contribution is 1.09. The number of hydrogen-bond acceptors (Lipinski definition) is 0. The Morgan fingerprint density at radius 3 is 0.534 bits per heavy atom. The molecule has 8 rings (SSSR count). The molecule has 0 amide bonds. The highest BCUT2D eigenvalue weighted by atomic mass is 14.3. The fourth-order valence-corrected chi connectivity index (χ4v) is 10.4. The third-order valence-corrected chi connectivity index (χ3v) is 13.2. The lowest BCUT2D eigenvalue weighted by Crippen LogP contribution is -2.05. The second kappa shape index (κ2) is 16.8. The molecule has 0 aliphatic heterocycles. The maximum atomic E-state index is 2.45. The SMILES string of the molecule is CCc1cccc(CC)c1-c1c2ccccc2c(-c2c(CC)cccc2CC)c2c(-c3c(CC)cccc3CC)c3ccccc3c(-c3c(CC)cccc3CC)c12. The first-order valence-corrected chi connectivity index (χ1v) is 22.4. The fraction of sp³-hybridized carbons (Fsp3) is 0.276. The summed E-state index contributed by atoms with van der Waals surface area (Å²) >= 11 is 0. The molecule has 8 aromatic rings. The minimum atomic E-state index is 0.972. The van der Waals surface area contributed by atoms with Crippen LogP contribution in [-0.4, -0.2) is 0 Å². The van der Waals surface area contributed by atoms with Gasteiger partial charge in [-0.1, -0.05) is 177 Å². The molecule has 0 fully saturated rings. The van der Waals surface area contributed by atoms with Crippen LogP contribution in [0.3, 0.4) is 0 Å². The normalized spacial score (nSPS) is 11.7. The summed E-state index contributed by atoms with van der Waals surface area (Å²) in [6, 6.07) is 47.2. The molecule has 0 spiro atoms. The van der Waals surface area contributed by atoms with Gasteiger partial charge in [0.1, 0.15) is 0 Å². The van der Waals surface area contributed by atoms with E-state index >= 15 is 0 Å². The lowest BCUT2D eigenvalue weighted by atomic mass is 9.73. The van der Waals surface area contributed by atoms with Crippen LogP contribution in [0, 0.1) is 0 Å². The summed E-state index contributed by atoms with van der Waals surface area (Å²) < 4.78 is 0. The van der Waals surface area contributed by atoms with E-state index in [2.05, 4.69) is 177 Å². The molecule has 0 atom stereocenters. The van der Waals surface area contributed by atoms with Gasteiger partial charge in [-0.25, -0.2) is 0 Å². The zero-order valence-corrected chi connectivity index (χ0v) is 36.2. The van der Waals surface area contributed by atoms with Crippen molar-refractivity contribution in [1.29, 1.82) is 0 Å². The Balaban J connectivity index is 1.87. The molecule has 58 heavy (non-hydrogen) atoms. The van der Waals surface area contributed by atoms with E-state index in [1.807, 2.05) is 0 Å². The van der Waals surface area contributed by atoms with Gasteiger partial charge in [0.15, 0.2) is 0 Å². The number of rotatable bonds is 12. The van der Waals surface area contributed by atoms with Gasteiger partial charge in [0.25, 0.3) is 0 Å². The monoisotopic (exact) mass is 756 g/mol. The van der Waals surface area contributed by atoms with E-state index in [-0.39, 0.29) is 0 Å². The Morgan fingerprint density at radius 2 is 0.379 bits per heavy atom. The molecular weight excluding hydrogens is 697 g/mol. The van der Waals surface area contributed by atoms with E-state index in [1.165, 1.54) is 121 Å². The second-order valence-corrected chi connectivity index (χ2v) is 16.0. The van der Waals surface area contributed by atoms with Crippen LogP contribution >= 0.6 is 0 Å². The fourth-order valence-electron chi connectivity index (χ4n) is 10.4. The highest BCUT2D eigenvalue weighted by Crippen LogP contribution is 2.56. The van der Waals surface area contributed by atoms with Crippen LogP contribution < -0.4 is 0 Å². The quantitative estimate of drug-likeness (QED) is 0.109. The van der Waals surface area contributed by atoms with E-state index in [4.69, 9.17) is 0 Å². The predicted octanol–water partition coefficient (Wildman–Crippen LogP) is 16.3. The van der Waals surface area contributed by atoms with E-state index in [1.54, 1.807) is 0 Å². The first-order valence-electron chi connectivity index (χ1n) is 22.4. The summed E-state index contributed by atoms with van der Waals surface area (Å²) in [6.45, 7) is 18.7. The van der Waals surface area contributed by atoms with E-state index < -0.39 is 0 Å². The lowest BCUT2D eigenvalue weighted by Gasteiger charge is -2.30. The molecule has 0 aliphatic rings. The maximum absolute atomic E-state index is 2.45. The first kappa shape index (κ1) is 39.4. The van der Waals surface area contributed by atoms with Crippen LogP contribution in [0.25, 0.3) is 76.8 Å². The largest absolute Gasteiger partial charge is 0.0617 e. The molecule has 0 radical (unpaired) electrons. The molecular formula is C58H60. The van der Waals surface area contributed by atoms with E-state index in [9.17, 15) is 0 Å². The predicted molar refractivity (Wildman–Crippen MR) is 256 cm³/mol. The van der Waals surface area contributed by atoms with Crippen LogP contribution in [0.4, 0.5) is 0 Å². The molecule has 0 nitrogen and oxygen atoms in total. The van der Waals surface area contributed by atoms with Gasteiger partial charge in [-0.05, 0) is 173 Å². The standard InChI is InChI=1S/C58H60/c1-9-37-25-21-26-38(10-2)49(37)53-45-33-17-18-34-46(45)55(51-41(13-5)29-23-30-42(51)14-6)58-56(52-43(15-7)31-24-32-44(52)16-8)48-36-20-19-35-47(48)54(57(53)58)50-39(11-3)27-22-28-40(50)12-4/h17-36H,9-16H2,1-8H3. The van der Waals surface area contributed by atoms with Crippen LogP contribution in [0.15, 0.2) is 121 Å². The van der Waals surface area contributed by atoms with Gasteiger partial charge in [-0.2, -0.15) is 0 Å². The van der Waals surface area contributed by atoms with Crippen molar-refractivity contribution in [3.8, 4) is 44.5 Å². The average Bonchev–Trinajstić information content (AvgIpc) is 3.29. The summed E-state index contributed by atoms with van der Waals surface area (Å²) in [5, 5.41) is 8.22. The molecule has 0 heterocycles. The molecule has 0 saturated carbocycles. The average molecular weight is 757 g/mol. The minimum absolute atomic E-state index is 0.972. The van der Waals surface area contributed by atoms with Gasteiger partial charge in [-0.3, -0.25) is 0 Å². The van der Waals surface area contributed by atoms with Crippen LogP contribution in [0.1, 0.15) is 99.9 Å². The Labute approximate surface area is 348 Å². The molecule has 0 bridgehead atoms. The molecule has 0 aromatic heterocycles. The highest BCUT2D eigenvalue weighted by Gasteiger charge is 2.30. The van der Waals surface area contributed by atoms with Gasteiger partial charge in [0, 0.05) is 0 Å². The van der Waals surface area contributed by atoms with Gasteiger partial charge in [0.2, 0.25) is 0 Å². The van der Waals surface area contributed by atoms with Crippen molar-refractivity contribution in [3.05, 3.63) is 166 Å². The summed E-state index contributed by atoms with van der Waals surface area (Å²) in [5.41, 5.74) is 22.7. The smallest absolute Gasteiger partial charge is 0.0000973 e. The summed E-state index contributed by atoms with van der Waals surface area (Å²) in [5.74, 6) is 0. The van der Waals surface area contributed by atoms with E-state index in [0.29, 0.717) is 0 Å². The molecule has 292 valence electrons. The van der Waals surface area contributed by atoms with Gasteiger partial charge in [0.05, 0.1) is 0 Å². The number of fused-ring (bicyclic) bond motifs is 3. The van der Waals surface area contributed by atoms with Gasteiger partial charge < -0.3 is 0 Å². The Morgan fingerprint density at radius 1 is 0.207 bits per heavy atom. The first-order chi connectivity index (χ1) is 28.5. The molecule has 0 saturated heterocycles. The van der Waals surface area contributed by atoms with Gasteiger partial charge in [-0.15, -0.1) is 0 Å². The third-order valence-electron chi connectivity index (χ3n) is 13.2. The Hall–Kier alpha value is -5.46. The molecule has 8 aromatic carbocycles. The molecule has 0 N–H and O–H groups in total.